The molecule has 2 aromatic rings. The molecule has 1 aromatic carbocycles. The second-order valence-electron chi connectivity index (χ2n) is 4.98. The van der Waals surface area contributed by atoms with Crippen LogP contribution in [0.15, 0.2) is 30.6 Å². The molecule has 2 heterocycles. The second kappa shape index (κ2) is 5.05. The summed E-state index contributed by atoms with van der Waals surface area (Å²) in [5.41, 5.74) is 2.76. The molecule has 0 aliphatic carbocycles. The first-order valence-electron chi connectivity index (χ1n) is 6.64. The van der Waals surface area contributed by atoms with E-state index in [0.29, 0.717) is 6.04 Å². The van der Waals surface area contributed by atoms with E-state index >= 15 is 0 Å². The molecule has 0 radical (unpaired) electrons. The Labute approximate surface area is 113 Å². The van der Waals surface area contributed by atoms with Gasteiger partial charge in [0, 0.05) is 31.9 Å². The van der Waals surface area contributed by atoms with E-state index in [1.807, 2.05) is 25.5 Å². The molecule has 3 rings (SSSR count). The molecule has 4 heteroatoms. The Hall–Kier alpha value is -1.81. The van der Waals surface area contributed by atoms with Gasteiger partial charge in [0.1, 0.15) is 11.6 Å². The molecule has 0 saturated carbocycles. The molecular weight excluding hydrogens is 238 g/mol. The molecule has 1 N–H and O–H groups in total. The maximum absolute atomic E-state index is 5.30. The van der Waals surface area contributed by atoms with Gasteiger partial charge in [-0.1, -0.05) is 6.07 Å². The van der Waals surface area contributed by atoms with Crippen molar-refractivity contribution in [2.45, 2.75) is 18.9 Å². The molecule has 1 aliphatic rings. The van der Waals surface area contributed by atoms with E-state index in [-0.39, 0.29) is 0 Å². The summed E-state index contributed by atoms with van der Waals surface area (Å²) in [6.45, 7) is 1.01. The topological polar surface area (TPSA) is 39.1 Å². The average Bonchev–Trinajstić information content (AvgIpc) is 2.84. The normalized spacial score (nSPS) is 18.1. The van der Waals surface area contributed by atoms with Gasteiger partial charge in [-0.25, -0.2) is 4.98 Å². The van der Waals surface area contributed by atoms with E-state index in [0.717, 1.165) is 31.0 Å². The van der Waals surface area contributed by atoms with Crippen LogP contribution in [0.2, 0.25) is 0 Å². The molecule has 1 aromatic heterocycles. The van der Waals surface area contributed by atoms with Crippen LogP contribution in [-0.2, 0) is 19.9 Å². The SMILES string of the molecule is COc1ccc2c(c1)CCNC2Cc1nccn1C. The van der Waals surface area contributed by atoms with E-state index < -0.39 is 0 Å². The van der Waals surface area contributed by atoms with E-state index in [2.05, 4.69) is 27.0 Å². The van der Waals surface area contributed by atoms with Crippen LogP contribution >= 0.6 is 0 Å². The van der Waals surface area contributed by atoms with Crippen LogP contribution in [0.25, 0.3) is 0 Å². The number of fused-ring (bicyclic) bond motifs is 1. The summed E-state index contributed by atoms with van der Waals surface area (Å²) in [4.78, 5) is 4.41. The van der Waals surface area contributed by atoms with Crippen molar-refractivity contribution in [3.8, 4) is 5.75 Å². The third-order valence-corrected chi connectivity index (χ3v) is 3.82. The minimum absolute atomic E-state index is 0.343. The Kier molecular flexibility index (Phi) is 3.25. The highest BCUT2D eigenvalue weighted by Crippen LogP contribution is 2.28. The zero-order valence-corrected chi connectivity index (χ0v) is 11.4. The van der Waals surface area contributed by atoms with Gasteiger partial charge in [0.25, 0.3) is 0 Å². The zero-order valence-electron chi connectivity index (χ0n) is 11.4. The van der Waals surface area contributed by atoms with Gasteiger partial charge in [-0.2, -0.15) is 0 Å². The van der Waals surface area contributed by atoms with E-state index in [1.165, 1.54) is 11.1 Å². The molecule has 100 valence electrons. The van der Waals surface area contributed by atoms with E-state index in [4.69, 9.17) is 4.74 Å². The number of rotatable bonds is 3. The van der Waals surface area contributed by atoms with Crippen molar-refractivity contribution in [3.63, 3.8) is 0 Å². The summed E-state index contributed by atoms with van der Waals surface area (Å²) < 4.78 is 7.39. The minimum atomic E-state index is 0.343. The lowest BCUT2D eigenvalue weighted by molar-refractivity contribution is 0.412. The summed E-state index contributed by atoms with van der Waals surface area (Å²) >= 11 is 0. The Morgan fingerprint density at radius 3 is 3.11 bits per heavy atom. The molecular formula is C15H19N3O. The van der Waals surface area contributed by atoms with Crippen molar-refractivity contribution in [1.82, 2.24) is 14.9 Å². The van der Waals surface area contributed by atoms with Gasteiger partial charge in [-0.3, -0.25) is 0 Å². The zero-order chi connectivity index (χ0) is 13.2. The summed E-state index contributed by atoms with van der Waals surface area (Å²) in [5, 5.41) is 3.58. The van der Waals surface area contributed by atoms with Gasteiger partial charge < -0.3 is 14.6 Å². The number of aryl methyl sites for hydroxylation is 1. The number of methoxy groups -OCH3 is 1. The number of hydrogen-bond donors (Lipinski definition) is 1. The molecule has 1 aliphatic heterocycles. The number of nitrogens with zero attached hydrogens (tertiary/aromatic N) is 2. The van der Waals surface area contributed by atoms with Crippen molar-refractivity contribution >= 4 is 0 Å². The Morgan fingerprint density at radius 2 is 2.37 bits per heavy atom. The largest absolute Gasteiger partial charge is 0.497 e. The van der Waals surface area contributed by atoms with Crippen LogP contribution in [0.3, 0.4) is 0 Å². The summed E-state index contributed by atoms with van der Waals surface area (Å²) in [6, 6.07) is 6.71. The molecule has 0 fully saturated rings. The Bertz CT molecular complexity index is 577. The minimum Gasteiger partial charge on any atom is -0.497 e. The fourth-order valence-corrected chi connectivity index (χ4v) is 2.71. The standard InChI is InChI=1S/C15H19N3O/c1-18-8-7-17-15(18)10-14-13-4-3-12(19-2)9-11(13)5-6-16-14/h3-4,7-9,14,16H,5-6,10H2,1-2H3. The van der Waals surface area contributed by atoms with Crippen molar-refractivity contribution < 1.29 is 4.74 Å². The fourth-order valence-electron chi connectivity index (χ4n) is 2.71. The van der Waals surface area contributed by atoms with E-state index in [9.17, 15) is 0 Å². The number of imidazole rings is 1. The van der Waals surface area contributed by atoms with Crippen LogP contribution in [-0.4, -0.2) is 23.2 Å². The van der Waals surface area contributed by atoms with Crippen molar-refractivity contribution in [1.29, 1.82) is 0 Å². The number of benzene rings is 1. The number of ether oxygens (including phenoxy) is 1. The van der Waals surface area contributed by atoms with Crippen LogP contribution in [0.5, 0.6) is 5.75 Å². The summed E-state index contributed by atoms with van der Waals surface area (Å²) in [5.74, 6) is 2.05. The maximum atomic E-state index is 5.30. The van der Waals surface area contributed by atoms with Crippen LogP contribution in [0.1, 0.15) is 23.0 Å². The molecule has 1 atom stereocenters. The third kappa shape index (κ3) is 2.36. The van der Waals surface area contributed by atoms with Gasteiger partial charge >= 0.3 is 0 Å². The Balaban J connectivity index is 1.88. The fraction of sp³-hybridized carbons (Fsp3) is 0.400. The highest BCUT2D eigenvalue weighted by Gasteiger charge is 2.21. The van der Waals surface area contributed by atoms with Gasteiger partial charge in [0.05, 0.1) is 7.11 Å². The molecule has 1 unspecified atom stereocenters. The number of nitrogens with one attached hydrogen (secondary N) is 1. The highest BCUT2D eigenvalue weighted by atomic mass is 16.5. The molecule has 0 amide bonds. The van der Waals surface area contributed by atoms with E-state index in [1.54, 1.807) is 7.11 Å². The van der Waals surface area contributed by atoms with Gasteiger partial charge in [-0.05, 0) is 36.2 Å². The molecule has 0 bridgehead atoms. The summed E-state index contributed by atoms with van der Waals surface area (Å²) in [6.07, 6.45) is 5.83. The van der Waals surface area contributed by atoms with Crippen molar-refractivity contribution in [2.75, 3.05) is 13.7 Å². The number of aromatic nitrogens is 2. The first kappa shape index (κ1) is 12.2. The monoisotopic (exact) mass is 257 g/mol. The molecule has 0 saturated heterocycles. The van der Waals surface area contributed by atoms with Crippen LogP contribution in [0.4, 0.5) is 0 Å². The van der Waals surface area contributed by atoms with Crippen molar-refractivity contribution in [2.24, 2.45) is 7.05 Å². The lowest BCUT2D eigenvalue weighted by Crippen LogP contribution is -2.31. The van der Waals surface area contributed by atoms with Crippen molar-refractivity contribution in [3.05, 3.63) is 47.5 Å². The Morgan fingerprint density at radius 1 is 1.47 bits per heavy atom. The van der Waals surface area contributed by atoms with Crippen LogP contribution < -0.4 is 10.1 Å². The van der Waals surface area contributed by atoms with Gasteiger partial charge in [-0.15, -0.1) is 0 Å². The first-order chi connectivity index (χ1) is 9.28. The molecule has 4 nitrogen and oxygen atoms in total. The predicted octanol–water partition coefficient (Wildman–Crippen LogP) is 1.86. The maximum Gasteiger partial charge on any atom is 0.119 e. The molecule has 0 spiro atoms. The second-order valence-corrected chi connectivity index (χ2v) is 4.98. The smallest absolute Gasteiger partial charge is 0.119 e. The molecule has 19 heavy (non-hydrogen) atoms. The summed E-state index contributed by atoms with van der Waals surface area (Å²) in [7, 11) is 3.76. The average molecular weight is 257 g/mol. The predicted molar refractivity (Wildman–Crippen MR) is 74.4 cm³/mol. The number of hydrogen-bond acceptors (Lipinski definition) is 3. The van der Waals surface area contributed by atoms with Gasteiger partial charge in [0.15, 0.2) is 0 Å². The third-order valence-electron chi connectivity index (χ3n) is 3.82. The van der Waals surface area contributed by atoms with Gasteiger partial charge in [0.2, 0.25) is 0 Å². The first-order valence-corrected chi connectivity index (χ1v) is 6.64. The highest BCUT2D eigenvalue weighted by molar-refractivity contribution is 5.39. The lowest BCUT2D eigenvalue weighted by Gasteiger charge is -2.27. The quantitative estimate of drug-likeness (QED) is 0.912. The lowest BCUT2D eigenvalue weighted by atomic mass is 9.92. The van der Waals surface area contributed by atoms with Crippen LogP contribution in [0, 0.1) is 0 Å².